The van der Waals surface area contributed by atoms with Crippen molar-refractivity contribution in [1.29, 1.82) is 0 Å². The summed E-state index contributed by atoms with van der Waals surface area (Å²) in [5, 5.41) is 9.14. The molecule has 4 nitrogen and oxygen atoms in total. The van der Waals surface area contributed by atoms with Crippen LogP contribution in [0.15, 0.2) is 0 Å². The summed E-state index contributed by atoms with van der Waals surface area (Å²) in [4.78, 5) is 25.8. The van der Waals surface area contributed by atoms with E-state index >= 15 is 0 Å². The Labute approximate surface area is 121 Å². The Morgan fingerprint density at radius 3 is 2.60 bits per heavy atom. The van der Waals surface area contributed by atoms with Gasteiger partial charge in [-0.15, -0.1) is 0 Å². The zero-order valence-corrected chi connectivity index (χ0v) is 12.7. The number of carboxylic acid groups (broad SMARTS) is 1. The summed E-state index contributed by atoms with van der Waals surface area (Å²) in [6, 6.07) is 0. The second kappa shape index (κ2) is 6.15. The molecule has 1 aliphatic carbocycles. The number of nitrogens with zero attached hydrogens (tertiary/aromatic N) is 1. The van der Waals surface area contributed by atoms with Gasteiger partial charge in [-0.2, -0.15) is 0 Å². The van der Waals surface area contributed by atoms with Crippen LogP contribution in [0.5, 0.6) is 0 Å². The maximum absolute atomic E-state index is 12.7. The minimum Gasteiger partial charge on any atom is -0.481 e. The first-order valence-corrected chi connectivity index (χ1v) is 7.97. The molecule has 0 aromatic carbocycles. The fourth-order valence-corrected chi connectivity index (χ4v) is 3.69. The van der Waals surface area contributed by atoms with Gasteiger partial charge in [0.05, 0.1) is 5.92 Å². The number of piperidine rings is 1. The van der Waals surface area contributed by atoms with Gasteiger partial charge in [-0.3, -0.25) is 9.59 Å². The lowest BCUT2D eigenvalue weighted by molar-refractivity contribution is -0.146. The predicted octanol–water partition coefficient (Wildman–Crippen LogP) is 2.92. The SMILES string of the molecule is CCC1(C)CCCN(C(=O)C2CCCC(C(=O)O)C2)C1. The van der Waals surface area contributed by atoms with Gasteiger partial charge in [0.15, 0.2) is 0 Å². The normalized spacial score (nSPS) is 34.8. The van der Waals surface area contributed by atoms with Gasteiger partial charge in [-0.05, 0) is 43.9 Å². The third kappa shape index (κ3) is 3.33. The van der Waals surface area contributed by atoms with E-state index in [1.807, 2.05) is 4.90 Å². The van der Waals surface area contributed by atoms with Crippen LogP contribution in [0.2, 0.25) is 0 Å². The van der Waals surface area contributed by atoms with E-state index in [-0.39, 0.29) is 23.2 Å². The van der Waals surface area contributed by atoms with Gasteiger partial charge in [0.25, 0.3) is 0 Å². The highest BCUT2D eigenvalue weighted by molar-refractivity contribution is 5.80. The van der Waals surface area contributed by atoms with Crippen LogP contribution in [0.1, 0.15) is 58.8 Å². The van der Waals surface area contributed by atoms with Crippen molar-refractivity contribution in [2.24, 2.45) is 17.3 Å². The van der Waals surface area contributed by atoms with Gasteiger partial charge >= 0.3 is 5.97 Å². The molecule has 0 spiro atoms. The van der Waals surface area contributed by atoms with Gasteiger partial charge in [0.2, 0.25) is 5.91 Å². The molecule has 1 aliphatic heterocycles. The fraction of sp³-hybridized carbons (Fsp3) is 0.875. The van der Waals surface area contributed by atoms with Crippen LogP contribution >= 0.6 is 0 Å². The summed E-state index contributed by atoms with van der Waals surface area (Å²) >= 11 is 0. The molecule has 20 heavy (non-hydrogen) atoms. The number of aliphatic carboxylic acids is 1. The highest BCUT2D eigenvalue weighted by Gasteiger charge is 2.37. The molecule has 4 heteroatoms. The molecule has 0 aromatic heterocycles. The monoisotopic (exact) mass is 281 g/mol. The van der Waals surface area contributed by atoms with Crippen LogP contribution in [-0.2, 0) is 9.59 Å². The van der Waals surface area contributed by atoms with E-state index in [4.69, 9.17) is 5.11 Å². The summed E-state index contributed by atoms with van der Waals surface area (Å²) in [5.74, 6) is -0.918. The van der Waals surface area contributed by atoms with Crippen molar-refractivity contribution in [2.75, 3.05) is 13.1 Å². The van der Waals surface area contributed by atoms with Gasteiger partial charge in [0, 0.05) is 19.0 Å². The largest absolute Gasteiger partial charge is 0.481 e. The summed E-state index contributed by atoms with van der Waals surface area (Å²) in [7, 11) is 0. The summed E-state index contributed by atoms with van der Waals surface area (Å²) in [6.07, 6.45) is 6.35. The second-order valence-electron chi connectivity index (χ2n) is 6.93. The lowest BCUT2D eigenvalue weighted by Crippen LogP contribution is -2.47. The molecular weight excluding hydrogens is 254 g/mol. The number of rotatable bonds is 3. The number of hydrogen-bond acceptors (Lipinski definition) is 2. The minimum absolute atomic E-state index is 0.0657. The summed E-state index contributed by atoms with van der Waals surface area (Å²) in [6.45, 7) is 6.14. The van der Waals surface area contributed by atoms with Crippen molar-refractivity contribution in [3.63, 3.8) is 0 Å². The van der Waals surface area contributed by atoms with Crippen molar-refractivity contribution in [3.05, 3.63) is 0 Å². The molecule has 2 aliphatic rings. The number of carboxylic acids is 1. The van der Waals surface area contributed by atoms with Crippen LogP contribution in [0.4, 0.5) is 0 Å². The van der Waals surface area contributed by atoms with Crippen molar-refractivity contribution < 1.29 is 14.7 Å². The number of carbonyl (C=O) groups excluding carboxylic acids is 1. The van der Waals surface area contributed by atoms with E-state index in [2.05, 4.69) is 13.8 Å². The van der Waals surface area contributed by atoms with Crippen LogP contribution < -0.4 is 0 Å². The van der Waals surface area contributed by atoms with Crippen molar-refractivity contribution in [1.82, 2.24) is 4.90 Å². The smallest absolute Gasteiger partial charge is 0.306 e. The third-order valence-corrected chi connectivity index (χ3v) is 5.32. The van der Waals surface area contributed by atoms with E-state index in [1.54, 1.807) is 0 Å². The fourth-order valence-electron chi connectivity index (χ4n) is 3.69. The van der Waals surface area contributed by atoms with E-state index in [0.29, 0.717) is 6.42 Å². The van der Waals surface area contributed by atoms with E-state index in [9.17, 15) is 9.59 Å². The maximum atomic E-state index is 12.7. The molecule has 3 unspecified atom stereocenters. The van der Waals surface area contributed by atoms with Gasteiger partial charge in [-0.25, -0.2) is 0 Å². The Morgan fingerprint density at radius 2 is 1.95 bits per heavy atom. The molecule has 0 aromatic rings. The van der Waals surface area contributed by atoms with Crippen LogP contribution in [0.3, 0.4) is 0 Å². The minimum atomic E-state index is -0.737. The maximum Gasteiger partial charge on any atom is 0.306 e. The van der Waals surface area contributed by atoms with Crippen LogP contribution in [0, 0.1) is 17.3 Å². The number of hydrogen-bond donors (Lipinski definition) is 1. The van der Waals surface area contributed by atoms with Gasteiger partial charge < -0.3 is 10.0 Å². The molecule has 1 saturated heterocycles. The molecule has 1 amide bonds. The van der Waals surface area contributed by atoms with E-state index < -0.39 is 5.97 Å². The molecule has 114 valence electrons. The van der Waals surface area contributed by atoms with Gasteiger partial charge in [-0.1, -0.05) is 20.3 Å². The first-order chi connectivity index (χ1) is 9.45. The average molecular weight is 281 g/mol. The number of likely N-dealkylation sites (tertiary alicyclic amines) is 1. The van der Waals surface area contributed by atoms with Crippen molar-refractivity contribution in [3.8, 4) is 0 Å². The van der Waals surface area contributed by atoms with E-state index in [0.717, 1.165) is 45.2 Å². The zero-order chi connectivity index (χ0) is 14.8. The quantitative estimate of drug-likeness (QED) is 0.865. The second-order valence-corrected chi connectivity index (χ2v) is 6.93. The lowest BCUT2D eigenvalue weighted by atomic mass is 9.77. The Hall–Kier alpha value is -1.06. The highest BCUT2D eigenvalue weighted by Crippen LogP contribution is 2.35. The molecule has 0 bridgehead atoms. The first-order valence-electron chi connectivity index (χ1n) is 7.97. The zero-order valence-electron chi connectivity index (χ0n) is 12.7. The summed E-state index contributed by atoms with van der Waals surface area (Å²) < 4.78 is 0. The Balaban J connectivity index is 1.98. The predicted molar refractivity (Wildman–Crippen MR) is 77.3 cm³/mol. The highest BCUT2D eigenvalue weighted by atomic mass is 16.4. The lowest BCUT2D eigenvalue weighted by Gasteiger charge is -2.42. The molecule has 1 saturated carbocycles. The topological polar surface area (TPSA) is 57.6 Å². The van der Waals surface area contributed by atoms with Crippen molar-refractivity contribution in [2.45, 2.75) is 58.8 Å². The van der Waals surface area contributed by atoms with Crippen LogP contribution in [-0.4, -0.2) is 35.0 Å². The Kier molecular flexibility index (Phi) is 4.71. The molecule has 2 rings (SSSR count). The average Bonchev–Trinajstić information content (AvgIpc) is 2.46. The molecule has 3 atom stereocenters. The third-order valence-electron chi connectivity index (χ3n) is 5.32. The summed E-state index contributed by atoms with van der Waals surface area (Å²) in [5.41, 5.74) is 0.245. The Morgan fingerprint density at radius 1 is 1.25 bits per heavy atom. The van der Waals surface area contributed by atoms with E-state index in [1.165, 1.54) is 6.42 Å². The molecule has 0 radical (unpaired) electrons. The number of carbonyl (C=O) groups is 2. The Bertz CT molecular complexity index is 382. The first kappa shape index (κ1) is 15.3. The number of amides is 1. The molecule has 2 fully saturated rings. The van der Waals surface area contributed by atoms with Crippen LogP contribution in [0.25, 0.3) is 0 Å². The van der Waals surface area contributed by atoms with Crippen molar-refractivity contribution >= 4 is 11.9 Å². The molecule has 1 heterocycles. The molecule has 1 N–H and O–H groups in total. The standard InChI is InChI=1S/C16H27NO3/c1-3-16(2)8-5-9-17(11-16)14(18)12-6-4-7-13(10-12)15(19)20/h12-13H,3-11H2,1-2H3,(H,19,20). The molecular formula is C16H27NO3. The van der Waals surface area contributed by atoms with Gasteiger partial charge in [0.1, 0.15) is 0 Å².